The largest absolute Gasteiger partial charge is 0.462 e. The highest BCUT2D eigenvalue weighted by Gasteiger charge is 2.42. The van der Waals surface area contributed by atoms with Gasteiger partial charge in [0.25, 0.3) is 0 Å². The summed E-state index contributed by atoms with van der Waals surface area (Å²) in [5.74, 6) is -0.439. The Morgan fingerprint density at radius 2 is 1.44 bits per heavy atom. The molecule has 0 N–H and O–H groups in total. The van der Waals surface area contributed by atoms with Gasteiger partial charge in [-0.25, -0.2) is 4.79 Å². The maximum atomic E-state index is 13.0. The van der Waals surface area contributed by atoms with Crippen LogP contribution in [0.4, 0.5) is 0 Å². The van der Waals surface area contributed by atoms with Crippen LogP contribution in [0.25, 0.3) is 0 Å². The Morgan fingerprint density at radius 1 is 1.00 bits per heavy atom. The lowest BCUT2D eigenvalue weighted by atomic mass is 9.90. The van der Waals surface area contributed by atoms with Crippen LogP contribution in [0, 0.1) is 0 Å². The van der Waals surface area contributed by atoms with Crippen LogP contribution in [0.15, 0.2) is 60.7 Å². The molecule has 4 heteroatoms. The number of hydrogen-bond donors (Lipinski definition) is 0. The van der Waals surface area contributed by atoms with Crippen LogP contribution in [0.1, 0.15) is 31.9 Å². The van der Waals surface area contributed by atoms with Crippen molar-refractivity contribution in [1.29, 1.82) is 0 Å². The molecule has 1 atom stereocenters. The van der Waals surface area contributed by atoms with Crippen LogP contribution in [-0.2, 0) is 14.4 Å². The fourth-order valence-corrected chi connectivity index (χ4v) is 3.29. The van der Waals surface area contributed by atoms with Gasteiger partial charge in [0.05, 0.1) is 0 Å². The molecule has 25 heavy (non-hydrogen) atoms. The average Bonchev–Trinajstić information content (AvgIpc) is 2.67. The van der Waals surface area contributed by atoms with Crippen LogP contribution in [0.5, 0.6) is 0 Å². The van der Waals surface area contributed by atoms with Gasteiger partial charge >= 0.3 is 5.97 Å². The van der Waals surface area contributed by atoms with Gasteiger partial charge in [0, 0.05) is 6.04 Å². The van der Waals surface area contributed by atoms with E-state index < -0.39 is 10.8 Å². The fraction of sp³-hybridized carbons (Fsp3) is 0.381. The maximum Gasteiger partial charge on any atom is 0.336 e. The molecule has 0 amide bonds. The van der Waals surface area contributed by atoms with Crippen LogP contribution in [0.3, 0.4) is 0 Å². The number of alkyl halides is 1. The third-order valence-electron chi connectivity index (χ3n) is 4.52. The minimum absolute atomic E-state index is 0.145. The number of likely N-dealkylation sites (N-methyl/N-ethyl adjacent to an activating group) is 1. The van der Waals surface area contributed by atoms with E-state index in [1.54, 1.807) is 0 Å². The monoisotopic (exact) mass is 359 g/mol. The Labute approximate surface area is 155 Å². The van der Waals surface area contributed by atoms with Crippen LogP contribution < -0.4 is 0 Å². The van der Waals surface area contributed by atoms with Crippen molar-refractivity contribution >= 4 is 17.6 Å². The summed E-state index contributed by atoms with van der Waals surface area (Å²) in [7, 11) is 0. The minimum Gasteiger partial charge on any atom is -0.462 e. The predicted octanol–water partition coefficient (Wildman–Crippen LogP) is 4.44. The molecule has 0 aliphatic heterocycles. The molecule has 2 aromatic carbocycles. The quantitative estimate of drug-likeness (QED) is 0.515. The summed E-state index contributed by atoms with van der Waals surface area (Å²) in [6.45, 7) is 8.40. The third kappa shape index (κ3) is 4.42. The molecule has 0 aliphatic rings. The second-order valence-electron chi connectivity index (χ2n) is 6.06. The molecule has 0 aliphatic carbocycles. The van der Waals surface area contributed by atoms with Crippen molar-refractivity contribution in [2.75, 3.05) is 19.7 Å². The van der Waals surface area contributed by atoms with Gasteiger partial charge in [0.15, 0.2) is 4.87 Å². The first-order chi connectivity index (χ1) is 12.0. The number of carbonyl (C=O) groups is 1. The van der Waals surface area contributed by atoms with Gasteiger partial charge in [-0.1, -0.05) is 86.1 Å². The summed E-state index contributed by atoms with van der Waals surface area (Å²) < 4.78 is 5.65. The van der Waals surface area contributed by atoms with Gasteiger partial charge in [-0.3, -0.25) is 4.90 Å². The summed E-state index contributed by atoms with van der Waals surface area (Å²) in [6, 6.07) is 18.9. The van der Waals surface area contributed by atoms with Crippen molar-refractivity contribution in [2.24, 2.45) is 0 Å². The van der Waals surface area contributed by atoms with Gasteiger partial charge in [-0.2, -0.15) is 0 Å². The van der Waals surface area contributed by atoms with Gasteiger partial charge in [-0.05, 0) is 31.1 Å². The molecule has 0 spiro atoms. The Hall–Kier alpha value is -1.84. The van der Waals surface area contributed by atoms with Gasteiger partial charge in [0.1, 0.15) is 6.61 Å². The van der Waals surface area contributed by atoms with E-state index in [2.05, 4.69) is 25.7 Å². The molecule has 0 saturated carbocycles. The second kappa shape index (κ2) is 9.02. The third-order valence-corrected chi connectivity index (χ3v) is 5.11. The fourth-order valence-electron chi connectivity index (χ4n) is 2.99. The first-order valence-electron chi connectivity index (χ1n) is 8.75. The Bertz CT molecular complexity index is 617. The minimum atomic E-state index is -1.34. The highest BCUT2D eigenvalue weighted by Crippen LogP contribution is 2.38. The standard InChI is InChI=1S/C21H26ClNO2/c1-4-23(5-2)17(3)16-25-20(24)21(22,18-12-8-6-9-13-18)19-14-10-7-11-15-19/h6-15,17H,4-5,16H2,1-3H3. The van der Waals surface area contributed by atoms with Crippen molar-refractivity contribution < 1.29 is 9.53 Å². The molecule has 1 unspecified atom stereocenters. The maximum absolute atomic E-state index is 13.0. The number of nitrogens with zero attached hydrogens (tertiary/aromatic N) is 1. The van der Waals surface area contributed by atoms with E-state index in [0.717, 1.165) is 13.1 Å². The van der Waals surface area contributed by atoms with Crippen LogP contribution in [0.2, 0.25) is 0 Å². The van der Waals surface area contributed by atoms with Gasteiger partial charge in [-0.15, -0.1) is 0 Å². The summed E-state index contributed by atoms with van der Waals surface area (Å²) in [6.07, 6.45) is 0. The molecule has 2 rings (SSSR count). The summed E-state index contributed by atoms with van der Waals surface area (Å²) in [4.78, 5) is 13.9. The molecule has 134 valence electrons. The number of rotatable bonds is 8. The van der Waals surface area contributed by atoms with Crippen LogP contribution >= 0.6 is 11.6 Å². The molecule has 2 aromatic rings. The zero-order chi connectivity index (χ0) is 18.3. The SMILES string of the molecule is CCN(CC)C(C)COC(=O)C(Cl)(c1ccccc1)c1ccccc1. The van der Waals surface area contributed by atoms with Crippen molar-refractivity contribution in [3.8, 4) is 0 Å². The van der Waals surface area contributed by atoms with Crippen molar-refractivity contribution in [3.05, 3.63) is 71.8 Å². The smallest absolute Gasteiger partial charge is 0.336 e. The molecule has 0 heterocycles. The van der Waals surface area contributed by atoms with E-state index in [0.29, 0.717) is 17.7 Å². The number of halogens is 1. The first-order valence-corrected chi connectivity index (χ1v) is 9.13. The van der Waals surface area contributed by atoms with E-state index in [1.807, 2.05) is 60.7 Å². The molecule has 0 saturated heterocycles. The molecule has 3 nitrogen and oxygen atoms in total. The Morgan fingerprint density at radius 3 is 1.84 bits per heavy atom. The zero-order valence-electron chi connectivity index (χ0n) is 15.1. The Balaban J connectivity index is 2.26. The highest BCUT2D eigenvalue weighted by atomic mass is 35.5. The first kappa shape index (κ1) is 19.5. The molecule has 0 aromatic heterocycles. The molecular weight excluding hydrogens is 334 g/mol. The summed E-state index contributed by atoms with van der Waals surface area (Å²) in [5, 5.41) is 0. The van der Waals surface area contributed by atoms with Crippen molar-refractivity contribution in [1.82, 2.24) is 4.90 Å². The van der Waals surface area contributed by atoms with E-state index >= 15 is 0 Å². The zero-order valence-corrected chi connectivity index (χ0v) is 15.9. The van der Waals surface area contributed by atoms with Gasteiger partial charge in [0.2, 0.25) is 0 Å². The topological polar surface area (TPSA) is 29.5 Å². The summed E-state index contributed by atoms with van der Waals surface area (Å²) in [5.41, 5.74) is 1.42. The number of benzene rings is 2. The van der Waals surface area contributed by atoms with Gasteiger partial charge < -0.3 is 4.74 Å². The van der Waals surface area contributed by atoms with Crippen LogP contribution in [-0.4, -0.2) is 36.6 Å². The predicted molar refractivity (Wildman–Crippen MR) is 103 cm³/mol. The Kier molecular flexibility index (Phi) is 7.03. The lowest BCUT2D eigenvalue weighted by Gasteiger charge is -2.29. The average molecular weight is 360 g/mol. The second-order valence-corrected chi connectivity index (χ2v) is 6.63. The van der Waals surface area contributed by atoms with E-state index in [1.165, 1.54) is 0 Å². The van der Waals surface area contributed by atoms with E-state index in [-0.39, 0.29) is 6.04 Å². The lowest BCUT2D eigenvalue weighted by molar-refractivity contribution is -0.147. The number of carbonyl (C=O) groups excluding carboxylic acids is 1. The number of hydrogen-bond acceptors (Lipinski definition) is 3. The van der Waals surface area contributed by atoms with E-state index in [4.69, 9.17) is 16.3 Å². The molecular formula is C21H26ClNO2. The van der Waals surface area contributed by atoms with Crippen molar-refractivity contribution in [3.63, 3.8) is 0 Å². The lowest BCUT2D eigenvalue weighted by Crippen LogP contribution is -2.40. The number of esters is 1. The normalized spacial score (nSPS) is 12.8. The summed E-state index contributed by atoms with van der Waals surface area (Å²) >= 11 is 6.88. The highest BCUT2D eigenvalue weighted by molar-refractivity contribution is 6.36. The number of ether oxygens (including phenoxy) is 1. The molecule has 0 fully saturated rings. The van der Waals surface area contributed by atoms with Crippen molar-refractivity contribution in [2.45, 2.75) is 31.7 Å². The molecule has 0 radical (unpaired) electrons. The van der Waals surface area contributed by atoms with E-state index in [9.17, 15) is 4.79 Å². The molecule has 0 bridgehead atoms.